The molecule has 0 spiro atoms. The first-order valence-electron chi connectivity index (χ1n) is 10.2. The topological polar surface area (TPSA) is 40.1 Å². The van der Waals surface area contributed by atoms with Gasteiger partial charge in [-0.05, 0) is 51.7 Å². The Morgan fingerprint density at radius 1 is 1.23 bits per heavy atom. The van der Waals surface area contributed by atoms with Crippen molar-refractivity contribution in [3.63, 3.8) is 0 Å². The van der Waals surface area contributed by atoms with Crippen LogP contribution in [0.15, 0.2) is 29.3 Å². The minimum atomic E-state index is 0.418. The van der Waals surface area contributed by atoms with Crippen LogP contribution in [0.4, 0.5) is 5.69 Å². The van der Waals surface area contributed by atoms with Crippen LogP contribution < -0.4 is 10.2 Å². The zero-order valence-electron chi connectivity index (χ0n) is 16.6. The third kappa shape index (κ3) is 4.50. The van der Waals surface area contributed by atoms with E-state index in [-0.39, 0.29) is 0 Å². The predicted octanol–water partition coefficient (Wildman–Crippen LogP) is 2.90. The summed E-state index contributed by atoms with van der Waals surface area (Å²) in [6, 6.07) is 9.34. The van der Waals surface area contributed by atoms with E-state index in [2.05, 4.69) is 60.2 Å². The SMILES string of the molecule is CCNC(=NCCN1c2ccccc2CC1C)N1CCC(OCC)CC1. The Morgan fingerprint density at radius 3 is 2.73 bits per heavy atom. The lowest BCUT2D eigenvalue weighted by Gasteiger charge is -2.34. The number of guanidine groups is 1. The molecule has 1 aromatic carbocycles. The molecule has 5 heteroatoms. The molecule has 2 aliphatic heterocycles. The van der Waals surface area contributed by atoms with E-state index in [0.29, 0.717) is 12.1 Å². The van der Waals surface area contributed by atoms with Gasteiger partial charge in [-0.2, -0.15) is 0 Å². The highest BCUT2D eigenvalue weighted by Gasteiger charge is 2.25. The molecule has 26 heavy (non-hydrogen) atoms. The van der Waals surface area contributed by atoms with Gasteiger partial charge in [-0.15, -0.1) is 0 Å². The normalized spacial score (nSPS) is 21.2. The molecule has 1 saturated heterocycles. The lowest BCUT2D eigenvalue weighted by atomic mass is 10.1. The highest BCUT2D eigenvalue weighted by Crippen LogP contribution is 2.31. The lowest BCUT2D eigenvalue weighted by molar-refractivity contribution is 0.0264. The highest BCUT2D eigenvalue weighted by molar-refractivity contribution is 5.80. The Labute approximate surface area is 158 Å². The molecule has 0 saturated carbocycles. The van der Waals surface area contributed by atoms with Crippen LogP contribution in [-0.2, 0) is 11.2 Å². The van der Waals surface area contributed by atoms with Crippen LogP contribution in [-0.4, -0.2) is 62.3 Å². The van der Waals surface area contributed by atoms with Crippen molar-refractivity contribution in [1.82, 2.24) is 10.2 Å². The molecule has 1 N–H and O–H groups in total. The monoisotopic (exact) mass is 358 g/mol. The average molecular weight is 359 g/mol. The van der Waals surface area contributed by atoms with E-state index in [0.717, 1.165) is 64.6 Å². The number of hydrogen-bond donors (Lipinski definition) is 1. The molecule has 5 nitrogen and oxygen atoms in total. The molecule has 0 bridgehead atoms. The Kier molecular flexibility index (Phi) is 6.78. The van der Waals surface area contributed by atoms with Crippen LogP contribution in [0.1, 0.15) is 39.2 Å². The Hall–Kier alpha value is -1.75. The minimum absolute atomic E-state index is 0.418. The summed E-state index contributed by atoms with van der Waals surface area (Å²) in [4.78, 5) is 9.82. The zero-order valence-corrected chi connectivity index (χ0v) is 16.6. The van der Waals surface area contributed by atoms with Gasteiger partial charge in [0.05, 0.1) is 12.6 Å². The van der Waals surface area contributed by atoms with Crippen LogP contribution >= 0.6 is 0 Å². The molecule has 1 unspecified atom stereocenters. The van der Waals surface area contributed by atoms with Crippen LogP contribution in [0, 0.1) is 0 Å². The number of rotatable bonds is 6. The average Bonchev–Trinajstić information content (AvgIpc) is 2.97. The molecular weight excluding hydrogens is 324 g/mol. The summed E-state index contributed by atoms with van der Waals surface area (Å²) in [6.07, 6.45) is 3.75. The predicted molar refractivity (Wildman–Crippen MR) is 109 cm³/mol. The van der Waals surface area contributed by atoms with Crippen molar-refractivity contribution < 1.29 is 4.74 Å². The smallest absolute Gasteiger partial charge is 0.193 e. The molecule has 0 radical (unpaired) electrons. The molecule has 0 aromatic heterocycles. The van der Waals surface area contributed by atoms with Crippen LogP contribution in [0.5, 0.6) is 0 Å². The number of hydrogen-bond acceptors (Lipinski definition) is 3. The molecule has 2 aliphatic rings. The van der Waals surface area contributed by atoms with Gasteiger partial charge in [-0.25, -0.2) is 0 Å². The van der Waals surface area contributed by atoms with Gasteiger partial charge in [-0.1, -0.05) is 18.2 Å². The number of nitrogens with one attached hydrogen (secondary N) is 1. The first kappa shape index (κ1) is 19.0. The molecule has 1 fully saturated rings. The summed E-state index contributed by atoms with van der Waals surface area (Å²) < 4.78 is 5.77. The summed E-state index contributed by atoms with van der Waals surface area (Å²) in [5.41, 5.74) is 2.85. The molecule has 1 atom stereocenters. The number of likely N-dealkylation sites (tertiary alicyclic amines) is 1. The summed E-state index contributed by atoms with van der Waals surface area (Å²) in [7, 11) is 0. The quantitative estimate of drug-likeness (QED) is 0.627. The Bertz CT molecular complexity index is 595. The van der Waals surface area contributed by atoms with E-state index in [4.69, 9.17) is 9.73 Å². The van der Waals surface area contributed by atoms with Crippen LogP contribution in [0.3, 0.4) is 0 Å². The lowest BCUT2D eigenvalue weighted by Crippen LogP contribution is -2.47. The first-order valence-corrected chi connectivity index (χ1v) is 10.2. The molecule has 1 aromatic rings. The van der Waals surface area contributed by atoms with E-state index in [1.165, 1.54) is 11.3 Å². The number of anilines is 1. The number of para-hydroxylation sites is 1. The zero-order chi connectivity index (χ0) is 18.4. The number of fused-ring (bicyclic) bond motifs is 1. The van der Waals surface area contributed by atoms with Crippen molar-refractivity contribution in [1.29, 1.82) is 0 Å². The third-order valence-electron chi connectivity index (χ3n) is 5.43. The highest BCUT2D eigenvalue weighted by atomic mass is 16.5. The molecule has 3 rings (SSSR count). The fourth-order valence-electron chi connectivity index (χ4n) is 4.13. The van der Waals surface area contributed by atoms with Crippen molar-refractivity contribution in [3.05, 3.63) is 29.8 Å². The largest absolute Gasteiger partial charge is 0.378 e. The second-order valence-corrected chi connectivity index (χ2v) is 7.25. The number of nitrogens with zero attached hydrogens (tertiary/aromatic N) is 3. The summed E-state index contributed by atoms with van der Waals surface area (Å²) >= 11 is 0. The number of benzene rings is 1. The first-order chi connectivity index (χ1) is 12.7. The summed E-state index contributed by atoms with van der Waals surface area (Å²) in [5.74, 6) is 1.06. The van der Waals surface area contributed by atoms with Gasteiger partial charge in [0.15, 0.2) is 5.96 Å². The van der Waals surface area contributed by atoms with E-state index >= 15 is 0 Å². The summed E-state index contributed by atoms with van der Waals surface area (Å²) in [5, 5.41) is 3.47. The maximum Gasteiger partial charge on any atom is 0.193 e. The standard InChI is InChI=1S/C21H34N4O/c1-4-22-21(24-13-10-19(11-14-24)26-5-2)23-12-15-25-17(3)16-18-8-6-7-9-20(18)25/h6-9,17,19H,4-5,10-16H2,1-3H3,(H,22,23). The van der Waals surface area contributed by atoms with E-state index in [9.17, 15) is 0 Å². The van der Waals surface area contributed by atoms with Gasteiger partial charge in [0.1, 0.15) is 0 Å². The van der Waals surface area contributed by atoms with Gasteiger partial charge in [0, 0.05) is 44.5 Å². The number of piperidine rings is 1. The maximum atomic E-state index is 5.77. The molecule has 2 heterocycles. The van der Waals surface area contributed by atoms with Crippen molar-refractivity contribution in [2.24, 2.45) is 4.99 Å². The van der Waals surface area contributed by atoms with Gasteiger partial charge in [0.2, 0.25) is 0 Å². The summed E-state index contributed by atoms with van der Waals surface area (Å²) in [6.45, 7) is 12.1. The van der Waals surface area contributed by atoms with E-state index < -0.39 is 0 Å². The fourth-order valence-corrected chi connectivity index (χ4v) is 4.13. The van der Waals surface area contributed by atoms with Crippen molar-refractivity contribution >= 4 is 11.6 Å². The second kappa shape index (κ2) is 9.26. The van der Waals surface area contributed by atoms with Gasteiger partial charge >= 0.3 is 0 Å². The molecule has 144 valence electrons. The van der Waals surface area contributed by atoms with Gasteiger partial charge < -0.3 is 19.9 Å². The van der Waals surface area contributed by atoms with Crippen LogP contribution in [0.2, 0.25) is 0 Å². The van der Waals surface area contributed by atoms with E-state index in [1.54, 1.807) is 0 Å². The number of aliphatic imine (C=N–C) groups is 1. The van der Waals surface area contributed by atoms with Crippen molar-refractivity contribution in [3.8, 4) is 0 Å². The Balaban J connectivity index is 1.57. The van der Waals surface area contributed by atoms with E-state index in [1.807, 2.05) is 0 Å². The van der Waals surface area contributed by atoms with Gasteiger partial charge in [-0.3, -0.25) is 4.99 Å². The minimum Gasteiger partial charge on any atom is -0.378 e. The molecule has 0 aliphatic carbocycles. The van der Waals surface area contributed by atoms with Crippen molar-refractivity contribution in [2.45, 2.75) is 52.2 Å². The van der Waals surface area contributed by atoms with Crippen molar-refractivity contribution in [2.75, 3.05) is 44.2 Å². The van der Waals surface area contributed by atoms with Crippen LogP contribution in [0.25, 0.3) is 0 Å². The maximum absolute atomic E-state index is 5.77. The molecule has 0 amide bonds. The van der Waals surface area contributed by atoms with Gasteiger partial charge in [0.25, 0.3) is 0 Å². The third-order valence-corrected chi connectivity index (χ3v) is 5.43. The molecular formula is C21H34N4O. The fraction of sp³-hybridized carbons (Fsp3) is 0.667. The Morgan fingerprint density at radius 2 is 2.00 bits per heavy atom. The number of ether oxygens (including phenoxy) is 1. The second-order valence-electron chi connectivity index (χ2n) is 7.25.